The van der Waals surface area contributed by atoms with Crippen LogP contribution in [0.1, 0.15) is 11.1 Å². The van der Waals surface area contributed by atoms with E-state index in [1.54, 1.807) is 6.20 Å². The Hall–Kier alpha value is -2.60. The van der Waals surface area contributed by atoms with E-state index in [0.29, 0.717) is 11.7 Å². The van der Waals surface area contributed by atoms with Crippen LogP contribution in [-0.2, 0) is 13.0 Å². The standard InChI is InChI=1S/C17H19N5S/c18-15-4-2-1-3-12(15)5-9-21-17(23)22-11-13-6-8-19-16-14(13)7-10-20-16/h1-4,6-8,10H,5,9,11,18H2,(H,19,20)(H2,21,22,23). The van der Waals surface area contributed by atoms with Gasteiger partial charge in [-0.2, -0.15) is 0 Å². The largest absolute Gasteiger partial charge is 0.399 e. The molecule has 5 nitrogen and oxygen atoms in total. The summed E-state index contributed by atoms with van der Waals surface area (Å²) in [7, 11) is 0. The zero-order valence-electron chi connectivity index (χ0n) is 12.7. The molecule has 0 amide bonds. The summed E-state index contributed by atoms with van der Waals surface area (Å²) < 4.78 is 0. The Morgan fingerprint density at radius 1 is 1.13 bits per heavy atom. The van der Waals surface area contributed by atoms with Gasteiger partial charge in [0.05, 0.1) is 0 Å². The summed E-state index contributed by atoms with van der Waals surface area (Å²) in [5, 5.41) is 8.19. The Morgan fingerprint density at radius 2 is 2.00 bits per heavy atom. The van der Waals surface area contributed by atoms with Crippen molar-refractivity contribution in [2.75, 3.05) is 12.3 Å². The monoisotopic (exact) mass is 325 g/mol. The average molecular weight is 325 g/mol. The lowest BCUT2D eigenvalue weighted by Gasteiger charge is -2.11. The number of thiocarbonyl (C=S) groups is 1. The van der Waals surface area contributed by atoms with Gasteiger partial charge in [0.2, 0.25) is 0 Å². The van der Waals surface area contributed by atoms with E-state index in [9.17, 15) is 0 Å². The highest BCUT2D eigenvalue weighted by Crippen LogP contribution is 2.14. The van der Waals surface area contributed by atoms with Crippen molar-refractivity contribution in [2.24, 2.45) is 0 Å². The number of aromatic amines is 1. The molecule has 0 aliphatic heterocycles. The molecule has 2 heterocycles. The maximum Gasteiger partial charge on any atom is 0.166 e. The molecule has 0 spiro atoms. The summed E-state index contributed by atoms with van der Waals surface area (Å²) in [5.74, 6) is 0. The van der Waals surface area contributed by atoms with E-state index in [1.807, 2.05) is 42.6 Å². The van der Waals surface area contributed by atoms with Gasteiger partial charge in [-0.15, -0.1) is 0 Å². The van der Waals surface area contributed by atoms with Crippen LogP contribution >= 0.6 is 12.2 Å². The molecule has 0 saturated carbocycles. The predicted octanol–water partition coefficient (Wildman–Crippen LogP) is 2.35. The summed E-state index contributed by atoms with van der Waals surface area (Å²) >= 11 is 5.33. The number of nitrogens with one attached hydrogen (secondary N) is 3. The Labute approximate surface area is 140 Å². The number of H-pyrrole nitrogens is 1. The van der Waals surface area contributed by atoms with E-state index < -0.39 is 0 Å². The van der Waals surface area contributed by atoms with Gasteiger partial charge in [-0.3, -0.25) is 0 Å². The third kappa shape index (κ3) is 3.78. The van der Waals surface area contributed by atoms with Gasteiger partial charge in [0.15, 0.2) is 5.11 Å². The lowest BCUT2D eigenvalue weighted by Crippen LogP contribution is -2.36. The summed E-state index contributed by atoms with van der Waals surface area (Å²) in [5.41, 5.74) is 9.93. The first kappa shape index (κ1) is 15.3. The first-order valence-electron chi connectivity index (χ1n) is 7.50. The van der Waals surface area contributed by atoms with Crippen LogP contribution in [0.25, 0.3) is 11.0 Å². The zero-order chi connectivity index (χ0) is 16.1. The molecule has 0 saturated heterocycles. The van der Waals surface area contributed by atoms with Crippen LogP contribution in [0.15, 0.2) is 48.8 Å². The zero-order valence-corrected chi connectivity index (χ0v) is 13.5. The maximum atomic E-state index is 5.93. The fourth-order valence-electron chi connectivity index (χ4n) is 2.48. The number of aromatic nitrogens is 2. The molecule has 3 rings (SSSR count). The minimum atomic E-state index is 0.639. The molecule has 6 heteroatoms. The third-order valence-electron chi connectivity index (χ3n) is 3.72. The Bertz CT molecular complexity index is 811. The number of para-hydroxylation sites is 1. The van der Waals surface area contributed by atoms with Gasteiger partial charge < -0.3 is 21.4 Å². The topological polar surface area (TPSA) is 78.8 Å². The molecule has 3 aromatic rings. The number of nitrogens with zero attached hydrogens (tertiary/aromatic N) is 1. The molecule has 23 heavy (non-hydrogen) atoms. The van der Waals surface area contributed by atoms with E-state index in [0.717, 1.165) is 40.8 Å². The molecule has 1 aromatic carbocycles. The average Bonchev–Trinajstić information content (AvgIpc) is 3.04. The number of nitrogen functional groups attached to an aromatic ring is 1. The number of hydrogen-bond donors (Lipinski definition) is 4. The molecule has 118 valence electrons. The van der Waals surface area contributed by atoms with Crippen LogP contribution < -0.4 is 16.4 Å². The van der Waals surface area contributed by atoms with Gasteiger partial charge >= 0.3 is 0 Å². The number of fused-ring (bicyclic) bond motifs is 1. The van der Waals surface area contributed by atoms with Crippen LogP contribution in [0, 0.1) is 0 Å². The van der Waals surface area contributed by atoms with Gasteiger partial charge in [-0.05, 0) is 48.0 Å². The highest BCUT2D eigenvalue weighted by atomic mass is 32.1. The van der Waals surface area contributed by atoms with E-state index in [4.69, 9.17) is 18.0 Å². The smallest absolute Gasteiger partial charge is 0.166 e. The van der Waals surface area contributed by atoms with Crippen LogP contribution in [0.4, 0.5) is 5.69 Å². The number of pyridine rings is 1. The third-order valence-corrected chi connectivity index (χ3v) is 4.01. The molecule has 0 aliphatic rings. The minimum Gasteiger partial charge on any atom is -0.399 e. The van der Waals surface area contributed by atoms with Crippen molar-refractivity contribution in [3.63, 3.8) is 0 Å². The molecule has 2 aromatic heterocycles. The number of hydrogen-bond acceptors (Lipinski definition) is 3. The van der Waals surface area contributed by atoms with Crippen LogP contribution in [0.3, 0.4) is 0 Å². The van der Waals surface area contributed by atoms with Crippen molar-refractivity contribution in [1.82, 2.24) is 20.6 Å². The molecule has 0 bridgehead atoms. The first-order valence-corrected chi connectivity index (χ1v) is 7.91. The van der Waals surface area contributed by atoms with Gasteiger partial charge in [0.25, 0.3) is 0 Å². The van der Waals surface area contributed by atoms with Crippen molar-refractivity contribution in [2.45, 2.75) is 13.0 Å². The van der Waals surface area contributed by atoms with Crippen LogP contribution in [-0.4, -0.2) is 21.6 Å². The Kier molecular flexibility index (Phi) is 4.73. The molecular formula is C17H19N5S. The first-order chi connectivity index (χ1) is 11.2. The second kappa shape index (κ2) is 7.11. The summed E-state index contributed by atoms with van der Waals surface area (Å²) in [6, 6.07) is 11.9. The quantitative estimate of drug-likeness (QED) is 0.428. The predicted molar refractivity (Wildman–Crippen MR) is 98.1 cm³/mol. The van der Waals surface area contributed by atoms with E-state index >= 15 is 0 Å². The normalized spacial score (nSPS) is 10.6. The molecule has 0 atom stereocenters. The number of rotatable bonds is 5. The van der Waals surface area contributed by atoms with Gasteiger partial charge in [-0.25, -0.2) is 4.98 Å². The fourth-order valence-corrected chi connectivity index (χ4v) is 2.66. The van der Waals surface area contributed by atoms with Crippen molar-refractivity contribution in [1.29, 1.82) is 0 Å². The summed E-state index contributed by atoms with van der Waals surface area (Å²) in [6.07, 6.45) is 4.53. The minimum absolute atomic E-state index is 0.639. The Balaban J connectivity index is 1.48. The molecule has 0 radical (unpaired) electrons. The van der Waals surface area contributed by atoms with Gasteiger partial charge in [0, 0.05) is 36.6 Å². The SMILES string of the molecule is Nc1ccccc1CCNC(=S)NCc1ccnc2[nH]ccc12. The molecule has 0 aliphatic carbocycles. The van der Waals surface area contributed by atoms with Gasteiger partial charge in [-0.1, -0.05) is 18.2 Å². The number of benzene rings is 1. The van der Waals surface area contributed by atoms with Crippen molar-refractivity contribution in [3.05, 3.63) is 59.9 Å². The number of anilines is 1. The Morgan fingerprint density at radius 3 is 2.87 bits per heavy atom. The lowest BCUT2D eigenvalue weighted by atomic mass is 10.1. The summed E-state index contributed by atoms with van der Waals surface area (Å²) in [6.45, 7) is 1.41. The maximum absolute atomic E-state index is 5.93. The van der Waals surface area contributed by atoms with Crippen molar-refractivity contribution < 1.29 is 0 Å². The number of nitrogens with two attached hydrogens (primary N) is 1. The molecule has 0 unspecified atom stereocenters. The van der Waals surface area contributed by atoms with E-state index in [-0.39, 0.29) is 0 Å². The van der Waals surface area contributed by atoms with E-state index in [2.05, 4.69) is 20.6 Å². The van der Waals surface area contributed by atoms with E-state index in [1.165, 1.54) is 0 Å². The van der Waals surface area contributed by atoms with Gasteiger partial charge in [0.1, 0.15) is 5.65 Å². The lowest BCUT2D eigenvalue weighted by molar-refractivity contribution is 0.817. The molecular weight excluding hydrogens is 306 g/mol. The van der Waals surface area contributed by atoms with Crippen molar-refractivity contribution in [3.8, 4) is 0 Å². The second-order valence-electron chi connectivity index (χ2n) is 5.27. The second-order valence-corrected chi connectivity index (χ2v) is 5.68. The van der Waals surface area contributed by atoms with Crippen LogP contribution in [0.5, 0.6) is 0 Å². The van der Waals surface area contributed by atoms with Crippen molar-refractivity contribution >= 4 is 34.1 Å². The molecule has 5 N–H and O–H groups in total. The fraction of sp³-hybridized carbons (Fsp3) is 0.176. The molecule has 0 fully saturated rings. The highest BCUT2D eigenvalue weighted by molar-refractivity contribution is 7.80. The van der Waals surface area contributed by atoms with Crippen LogP contribution in [0.2, 0.25) is 0 Å². The highest BCUT2D eigenvalue weighted by Gasteiger charge is 2.04. The summed E-state index contributed by atoms with van der Waals surface area (Å²) in [4.78, 5) is 7.38.